The van der Waals surface area contributed by atoms with Crippen LogP contribution in [0.3, 0.4) is 0 Å². The molecular formula is C15H14N4S. The van der Waals surface area contributed by atoms with Crippen LogP contribution in [0.5, 0.6) is 0 Å². The minimum Gasteiger partial charge on any atom is -0.384 e. The molecule has 4 nitrogen and oxygen atoms in total. The lowest BCUT2D eigenvalue weighted by atomic mass is 9.93. The van der Waals surface area contributed by atoms with Crippen LogP contribution in [0, 0.1) is 0 Å². The number of hydrogen-bond acceptors (Lipinski definition) is 4. The fourth-order valence-electron chi connectivity index (χ4n) is 2.61. The highest BCUT2D eigenvalue weighted by Gasteiger charge is 2.22. The molecule has 0 radical (unpaired) electrons. The van der Waals surface area contributed by atoms with Crippen LogP contribution in [-0.2, 0) is 6.42 Å². The Morgan fingerprint density at radius 1 is 1.15 bits per heavy atom. The van der Waals surface area contributed by atoms with Gasteiger partial charge in [-0.1, -0.05) is 24.3 Å². The largest absolute Gasteiger partial charge is 0.384 e. The molecule has 20 heavy (non-hydrogen) atoms. The highest BCUT2D eigenvalue weighted by Crippen LogP contribution is 2.30. The van der Waals surface area contributed by atoms with E-state index in [1.807, 2.05) is 17.5 Å². The molecule has 0 saturated heterocycles. The standard InChI is InChI=1S/C15H14N4S/c1-2-5-12-10(4-1)8-11(9-16-12)14-17-15(19-18-14)13-6-3-7-20-13/h1-7,11,16H,8-9H2,(H,17,18,19). The van der Waals surface area contributed by atoms with Crippen molar-refractivity contribution in [2.75, 3.05) is 11.9 Å². The fourth-order valence-corrected chi connectivity index (χ4v) is 3.27. The first kappa shape index (κ1) is 11.7. The van der Waals surface area contributed by atoms with E-state index < -0.39 is 0 Å². The van der Waals surface area contributed by atoms with Crippen molar-refractivity contribution >= 4 is 17.0 Å². The van der Waals surface area contributed by atoms with Crippen molar-refractivity contribution in [2.45, 2.75) is 12.3 Å². The van der Waals surface area contributed by atoms with E-state index in [0.717, 1.165) is 29.5 Å². The number of nitrogens with zero attached hydrogens (tertiary/aromatic N) is 2. The van der Waals surface area contributed by atoms with Gasteiger partial charge in [0, 0.05) is 18.2 Å². The lowest BCUT2D eigenvalue weighted by molar-refractivity contribution is 0.652. The third kappa shape index (κ3) is 2.00. The van der Waals surface area contributed by atoms with E-state index >= 15 is 0 Å². The zero-order valence-electron chi connectivity index (χ0n) is 10.8. The molecule has 1 aliphatic rings. The first-order chi connectivity index (χ1) is 9.90. The molecule has 1 aromatic carbocycles. The van der Waals surface area contributed by atoms with Crippen LogP contribution < -0.4 is 5.32 Å². The van der Waals surface area contributed by atoms with Gasteiger partial charge in [-0.25, -0.2) is 4.98 Å². The first-order valence-electron chi connectivity index (χ1n) is 6.68. The molecule has 1 atom stereocenters. The number of fused-ring (bicyclic) bond motifs is 1. The Morgan fingerprint density at radius 2 is 2.10 bits per heavy atom. The Bertz CT molecular complexity index is 717. The maximum absolute atomic E-state index is 4.65. The lowest BCUT2D eigenvalue weighted by Gasteiger charge is -2.24. The van der Waals surface area contributed by atoms with Gasteiger partial charge in [0.25, 0.3) is 0 Å². The zero-order valence-corrected chi connectivity index (χ0v) is 11.7. The van der Waals surface area contributed by atoms with E-state index in [9.17, 15) is 0 Å². The van der Waals surface area contributed by atoms with E-state index in [1.165, 1.54) is 11.3 Å². The topological polar surface area (TPSA) is 53.6 Å². The van der Waals surface area contributed by atoms with Crippen molar-refractivity contribution < 1.29 is 0 Å². The van der Waals surface area contributed by atoms with E-state index in [4.69, 9.17) is 0 Å². The molecule has 0 saturated carbocycles. The van der Waals surface area contributed by atoms with Gasteiger partial charge in [-0.15, -0.1) is 11.3 Å². The molecule has 0 amide bonds. The van der Waals surface area contributed by atoms with Crippen LogP contribution in [0.25, 0.3) is 10.7 Å². The van der Waals surface area contributed by atoms with Gasteiger partial charge in [0.2, 0.25) is 0 Å². The number of anilines is 1. The normalized spacial score (nSPS) is 17.5. The summed E-state index contributed by atoms with van der Waals surface area (Å²) in [6.07, 6.45) is 1.00. The number of H-pyrrole nitrogens is 1. The molecule has 5 heteroatoms. The summed E-state index contributed by atoms with van der Waals surface area (Å²) in [4.78, 5) is 5.76. The van der Waals surface area contributed by atoms with Crippen molar-refractivity contribution in [3.05, 3.63) is 53.2 Å². The molecule has 2 aromatic heterocycles. The minimum atomic E-state index is 0.353. The molecule has 4 rings (SSSR count). The molecule has 100 valence electrons. The summed E-state index contributed by atoms with van der Waals surface area (Å²) in [5, 5.41) is 13.0. The van der Waals surface area contributed by atoms with Crippen molar-refractivity contribution in [1.82, 2.24) is 15.2 Å². The Labute approximate surface area is 120 Å². The number of rotatable bonds is 2. The second kappa shape index (κ2) is 4.76. The van der Waals surface area contributed by atoms with Crippen molar-refractivity contribution in [1.29, 1.82) is 0 Å². The summed E-state index contributed by atoms with van der Waals surface area (Å²) >= 11 is 1.66. The minimum absolute atomic E-state index is 0.353. The molecule has 1 aliphatic heterocycles. The van der Waals surface area contributed by atoms with Gasteiger partial charge in [0.05, 0.1) is 4.88 Å². The first-order valence-corrected chi connectivity index (χ1v) is 7.56. The Hall–Kier alpha value is -2.14. The molecule has 0 fully saturated rings. The number of hydrogen-bond donors (Lipinski definition) is 2. The predicted octanol–water partition coefficient (Wildman–Crippen LogP) is 3.29. The second-order valence-electron chi connectivity index (χ2n) is 4.96. The van der Waals surface area contributed by atoms with E-state index in [-0.39, 0.29) is 0 Å². The van der Waals surface area contributed by atoms with Crippen LogP contribution in [0.4, 0.5) is 5.69 Å². The van der Waals surface area contributed by atoms with Gasteiger partial charge in [-0.3, -0.25) is 5.10 Å². The summed E-state index contributed by atoms with van der Waals surface area (Å²) in [7, 11) is 0. The third-order valence-electron chi connectivity index (χ3n) is 3.65. The number of benzene rings is 1. The maximum atomic E-state index is 4.65. The Balaban J connectivity index is 1.60. The van der Waals surface area contributed by atoms with Gasteiger partial charge in [-0.05, 0) is 29.5 Å². The predicted molar refractivity (Wildman–Crippen MR) is 81.1 cm³/mol. The number of nitrogens with one attached hydrogen (secondary N) is 2. The monoisotopic (exact) mass is 282 g/mol. The molecule has 0 spiro atoms. The molecule has 0 aliphatic carbocycles. The van der Waals surface area contributed by atoms with Crippen LogP contribution >= 0.6 is 11.3 Å². The smallest absolute Gasteiger partial charge is 0.191 e. The highest BCUT2D eigenvalue weighted by molar-refractivity contribution is 7.13. The van der Waals surface area contributed by atoms with Gasteiger partial charge < -0.3 is 5.32 Å². The third-order valence-corrected chi connectivity index (χ3v) is 4.52. The van der Waals surface area contributed by atoms with E-state index in [0.29, 0.717) is 5.92 Å². The summed E-state index contributed by atoms with van der Waals surface area (Å²) < 4.78 is 0. The van der Waals surface area contributed by atoms with Gasteiger partial charge >= 0.3 is 0 Å². The van der Waals surface area contributed by atoms with Crippen LogP contribution in [0.2, 0.25) is 0 Å². The molecule has 3 aromatic rings. The second-order valence-corrected chi connectivity index (χ2v) is 5.91. The maximum Gasteiger partial charge on any atom is 0.191 e. The van der Waals surface area contributed by atoms with Gasteiger partial charge in [0.1, 0.15) is 5.82 Å². The van der Waals surface area contributed by atoms with E-state index in [1.54, 1.807) is 11.3 Å². The van der Waals surface area contributed by atoms with Crippen molar-refractivity contribution in [3.63, 3.8) is 0 Å². The number of aromatic amines is 1. The summed E-state index contributed by atoms with van der Waals surface area (Å²) in [5.74, 6) is 2.12. The molecule has 3 heterocycles. The zero-order chi connectivity index (χ0) is 13.4. The SMILES string of the molecule is c1csc(-c2n[nH]c(C3CNc4ccccc4C3)n2)c1. The lowest BCUT2D eigenvalue weighted by Crippen LogP contribution is -2.22. The highest BCUT2D eigenvalue weighted by atomic mass is 32.1. The number of thiophene rings is 1. The molecule has 0 bridgehead atoms. The Morgan fingerprint density at radius 3 is 3.00 bits per heavy atom. The van der Waals surface area contributed by atoms with Crippen LogP contribution in [0.15, 0.2) is 41.8 Å². The summed E-state index contributed by atoms with van der Waals surface area (Å²) in [6, 6.07) is 12.5. The van der Waals surface area contributed by atoms with Gasteiger partial charge in [0.15, 0.2) is 5.82 Å². The molecule has 1 unspecified atom stereocenters. The van der Waals surface area contributed by atoms with Gasteiger partial charge in [-0.2, -0.15) is 5.10 Å². The van der Waals surface area contributed by atoms with E-state index in [2.05, 4.69) is 44.8 Å². The Kier molecular flexibility index (Phi) is 2.77. The summed E-state index contributed by atoms with van der Waals surface area (Å²) in [6.45, 7) is 0.899. The number of aromatic nitrogens is 3. The fraction of sp³-hybridized carbons (Fsp3) is 0.200. The summed E-state index contributed by atoms with van der Waals surface area (Å²) in [5.41, 5.74) is 2.58. The number of para-hydroxylation sites is 1. The van der Waals surface area contributed by atoms with Crippen LogP contribution in [-0.4, -0.2) is 21.7 Å². The van der Waals surface area contributed by atoms with Crippen molar-refractivity contribution in [2.24, 2.45) is 0 Å². The average Bonchev–Trinajstić information content (AvgIpc) is 3.17. The quantitative estimate of drug-likeness (QED) is 0.758. The molecule has 2 N–H and O–H groups in total. The van der Waals surface area contributed by atoms with Crippen LogP contribution in [0.1, 0.15) is 17.3 Å². The molecular weight excluding hydrogens is 268 g/mol. The van der Waals surface area contributed by atoms with Crippen molar-refractivity contribution in [3.8, 4) is 10.7 Å². The average molecular weight is 282 g/mol.